The van der Waals surface area contributed by atoms with Crippen LogP contribution in [0.4, 0.5) is 23.2 Å². The molecule has 2 aromatic rings. The Morgan fingerprint density at radius 2 is 1.66 bits per heavy atom. The van der Waals surface area contributed by atoms with Crippen molar-refractivity contribution in [1.29, 1.82) is 0 Å². The summed E-state index contributed by atoms with van der Waals surface area (Å²) in [5.74, 6) is -2.69. The van der Waals surface area contributed by atoms with Crippen LogP contribution in [-0.2, 0) is 9.71 Å². The molecular formula is C19H18F4N2O3S. The van der Waals surface area contributed by atoms with Gasteiger partial charge < -0.3 is 10.4 Å². The lowest BCUT2D eigenvalue weighted by molar-refractivity contribution is 0.102. The maximum absolute atomic E-state index is 14.4. The zero-order valence-corrected chi connectivity index (χ0v) is 15.9. The average Bonchev–Trinajstić information content (AvgIpc) is 2.66. The van der Waals surface area contributed by atoms with Crippen molar-refractivity contribution in [1.82, 2.24) is 4.31 Å². The summed E-state index contributed by atoms with van der Waals surface area (Å²) in [4.78, 5) is 12.1. The molecule has 1 amide bonds. The first-order chi connectivity index (χ1) is 13.6. The molecule has 29 heavy (non-hydrogen) atoms. The van der Waals surface area contributed by atoms with Gasteiger partial charge in [0.25, 0.3) is 5.91 Å². The Kier molecular flexibility index (Phi) is 5.97. The molecule has 3 rings (SSSR count). The fourth-order valence-electron chi connectivity index (χ4n) is 3.00. The number of carbonyl (C=O) groups is 1. The predicted molar refractivity (Wildman–Crippen MR) is 101 cm³/mol. The summed E-state index contributed by atoms with van der Waals surface area (Å²) < 4.78 is 68.6. The Balaban J connectivity index is 1.87. The zero-order valence-electron chi connectivity index (χ0n) is 15.1. The van der Waals surface area contributed by atoms with Crippen LogP contribution < -0.4 is 5.32 Å². The fourth-order valence-corrected chi connectivity index (χ4v) is 4.76. The summed E-state index contributed by atoms with van der Waals surface area (Å²) in [6.07, 6.45) is 0.186. The first-order valence-corrected chi connectivity index (χ1v) is 10.3. The molecule has 156 valence electrons. The predicted octanol–water partition coefficient (Wildman–Crippen LogP) is 2.94. The summed E-state index contributed by atoms with van der Waals surface area (Å²) in [6.45, 7) is 0.487. The van der Waals surface area contributed by atoms with E-state index in [2.05, 4.69) is 11.2 Å². The number of benzene rings is 2. The van der Waals surface area contributed by atoms with Gasteiger partial charge >= 0.3 is 0 Å². The van der Waals surface area contributed by atoms with Gasteiger partial charge in [0.15, 0.2) is 17.5 Å². The van der Waals surface area contributed by atoms with Crippen LogP contribution in [0.1, 0.15) is 23.2 Å². The van der Waals surface area contributed by atoms with E-state index in [0.29, 0.717) is 25.0 Å². The third-order valence-corrected chi connectivity index (χ3v) is 6.82. The first-order valence-electron chi connectivity index (χ1n) is 8.65. The largest absolute Gasteiger partial charge is 0.393 e. The highest BCUT2D eigenvalue weighted by molar-refractivity contribution is 7.98. The third kappa shape index (κ3) is 4.44. The number of carbonyl (C=O) groups excluding carboxylic acids is 1. The van der Waals surface area contributed by atoms with Crippen molar-refractivity contribution in [3.05, 3.63) is 59.2 Å². The van der Waals surface area contributed by atoms with Gasteiger partial charge in [0, 0.05) is 36.5 Å². The van der Waals surface area contributed by atoms with Crippen molar-refractivity contribution in [2.75, 3.05) is 18.4 Å². The van der Waals surface area contributed by atoms with Crippen LogP contribution in [0.15, 0.2) is 35.2 Å². The molecule has 1 aliphatic heterocycles. The first kappa shape index (κ1) is 21.3. The number of hydrogen-bond donors (Lipinski definition) is 2. The molecule has 0 aromatic heterocycles. The van der Waals surface area contributed by atoms with E-state index in [9.17, 15) is 31.7 Å². The van der Waals surface area contributed by atoms with E-state index in [-0.39, 0.29) is 29.2 Å². The second-order valence-electron chi connectivity index (χ2n) is 6.65. The highest BCUT2D eigenvalue weighted by atomic mass is 32.2. The summed E-state index contributed by atoms with van der Waals surface area (Å²) in [7, 11) is -3.27. The van der Waals surface area contributed by atoms with Gasteiger partial charge in [-0.2, -0.15) is 0 Å². The van der Waals surface area contributed by atoms with Crippen LogP contribution in [0.3, 0.4) is 0 Å². The van der Waals surface area contributed by atoms with Crippen molar-refractivity contribution >= 4 is 27.2 Å². The monoisotopic (exact) mass is 430 g/mol. The molecule has 0 spiro atoms. The number of amides is 1. The summed E-state index contributed by atoms with van der Waals surface area (Å²) in [5, 5.41) is 11.8. The number of nitrogens with zero attached hydrogens (tertiary/aromatic N) is 1. The smallest absolute Gasteiger partial charge is 0.255 e. The topological polar surface area (TPSA) is 69.6 Å². The lowest BCUT2D eigenvalue weighted by atomic mass is 10.1. The summed E-state index contributed by atoms with van der Waals surface area (Å²) in [5.41, 5.74) is -0.461. The maximum Gasteiger partial charge on any atom is 0.255 e. The lowest BCUT2D eigenvalue weighted by Gasteiger charge is -2.32. The van der Waals surface area contributed by atoms with Crippen LogP contribution in [-0.4, -0.2) is 44.6 Å². The second kappa shape index (κ2) is 8.13. The van der Waals surface area contributed by atoms with Crippen LogP contribution in [0.5, 0.6) is 0 Å². The van der Waals surface area contributed by atoms with Crippen LogP contribution in [0.2, 0.25) is 0 Å². The molecule has 1 saturated heterocycles. The number of aliphatic hydroxyl groups is 1. The van der Waals surface area contributed by atoms with E-state index in [0.717, 1.165) is 18.2 Å². The Labute approximate surface area is 165 Å². The van der Waals surface area contributed by atoms with Gasteiger partial charge in [-0.05, 0) is 36.9 Å². The van der Waals surface area contributed by atoms with Crippen molar-refractivity contribution in [2.24, 2.45) is 0 Å². The molecule has 1 aliphatic rings. The number of hydrogen-bond acceptors (Lipinski definition) is 3. The fraction of sp³-hybridized carbons (Fsp3) is 0.263. The zero-order chi connectivity index (χ0) is 21.3. The van der Waals surface area contributed by atoms with Crippen molar-refractivity contribution < 1.29 is 31.7 Å². The minimum atomic E-state index is -3.27. The minimum Gasteiger partial charge on any atom is -0.393 e. The van der Waals surface area contributed by atoms with Crippen LogP contribution in [0, 0.1) is 23.3 Å². The van der Waals surface area contributed by atoms with E-state index in [1.807, 2.05) is 0 Å². The van der Waals surface area contributed by atoms with Gasteiger partial charge in [0.05, 0.1) is 20.7 Å². The number of anilines is 1. The molecule has 2 aromatic carbocycles. The normalized spacial score (nSPS) is 17.7. The molecule has 5 nitrogen and oxygen atoms in total. The Morgan fingerprint density at radius 1 is 1.07 bits per heavy atom. The van der Waals surface area contributed by atoms with E-state index in [1.54, 1.807) is 0 Å². The molecule has 1 fully saturated rings. The lowest BCUT2D eigenvalue weighted by Crippen LogP contribution is -2.40. The van der Waals surface area contributed by atoms with Crippen molar-refractivity contribution in [3.8, 4) is 0 Å². The molecule has 10 heteroatoms. The van der Waals surface area contributed by atoms with Crippen LogP contribution in [0.25, 0.3) is 0 Å². The van der Waals surface area contributed by atoms with Gasteiger partial charge in [-0.1, -0.05) is 0 Å². The quantitative estimate of drug-likeness (QED) is 0.445. The number of aliphatic hydroxyl groups excluding tert-OH is 1. The molecular weight excluding hydrogens is 412 g/mol. The van der Waals surface area contributed by atoms with Crippen molar-refractivity contribution in [2.45, 2.75) is 23.8 Å². The van der Waals surface area contributed by atoms with Gasteiger partial charge in [-0.15, -0.1) is 0 Å². The van der Waals surface area contributed by atoms with Gasteiger partial charge in [-0.3, -0.25) is 4.79 Å². The number of piperidine rings is 1. The van der Waals surface area contributed by atoms with Gasteiger partial charge in [0.2, 0.25) is 0 Å². The standard InChI is InChI=1S/C19H18F4N2O3S/c1-29(28,25-6-4-13(26)5-7-25)17-8-11(2-3-14(17)20)19(27)24-12-9-15(21)18(23)16(22)10-12/h2-3,8-10,13,26H,1,4-7H2,(H,24,27). The molecule has 0 radical (unpaired) electrons. The molecule has 1 atom stereocenters. The minimum absolute atomic E-state index is 0.125. The van der Waals surface area contributed by atoms with Crippen molar-refractivity contribution in [3.63, 3.8) is 0 Å². The highest BCUT2D eigenvalue weighted by Crippen LogP contribution is 2.25. The maximum atomic E-state index is 14.4. The molecule has 0 aliphatic carbocycles. The molecule has 1 unspecified atom stereocenters. The van der Waals surface area contributed by atoms with E-state index in [4.69, 9.17) is 0 Å². The highest BCUT2D eigenvalue weighted by Gasteiger charge is 2.27. The molecule has 0 bridgehead atoms. The van der Waals surface area contributed by atoms with E-state index < -0.39 is 45.0 Å². The Bertz CT molecular complexity index is 1030. The van der Waals surface area contributed by atoms with E-state index >= 15 is 0 Å². The second-order valence-corrected chi connectivity index (χ2v) is 8.89. The van der Waals surface area contributed by atoms with E-state index in [1.165, 1.54) is 4.31 Å². The third-order valence-electron chi connectivity index (χ3n) is 4.62. The molecule has 1 heterocycles. The number of rotatable bonds is 4. The average molecular weight is 430 g/mol. The van der Waals surface area contributed by atoms with Gasteiger partial charge in [0.1, 0.15) is 5.82 Å². The SMILES string of the molecule is C=S(=O)(c1cc(C(=O)Nc2cc(F)c(F)c(F)c2)ccc1F)N1CCC(O)CC1. The Hall–Kier alpha value is -2.43. The summed E-state index contributed by atoms with van der Waals surface area (Å²) in [6, 6.07) is 4.31. The number of nitrogens with one attached hydrogen (secondary N) is 1. The van der Waals surface area contributed by atoms with Crippen LogP contribution >= 0.6 is 0 Å². The molecule has 2 N–H and O–H groups in total. The number of halogens is 4. The molecule has 0 saturated carbocycles. The van der Waals surface area contributed by atoms with Gasteiger partial charge in [-0.25, -0.2) is 26.1 Å². The Morgan fingerprint density at radius 3 is 2.24 bits per heavy atom. The summed E-state index contributed by atoms with van der Waals surface area (Å²) >= 11 is 0.